The van der Waals surface area contributed by atoms with E-state index >= 15 is 0 Å². The van der Waals surface area contributed by atoms with E-state index in [4.69, 9.17) is 0 Å². The van der Waals surface area contributed by atoms with Gasteiger partial charge in [0.25, 0.3) is 0 Å². The fourth-order valence-electron chi connectivity index (χ4n) is 3.07. The number of H-pyrrole nitrogens is 1. The number of sulfone groups is 1. The predicted octanol–water partition coefficient (Wildman–Crippen LogP) is 4.18. The molecular formula is C21H14F3N3O3S. The number of hydrogen-bond acceptors (Lipinski definition) is 5. The zero-order valence-corrected chi connectivity index (χ0v) is 16.5. The molecule has 1 aromatic carbocycles. The molecule has 4 aromatic rings. The molecule has 158 valence electrons. The van der Waals surface area contributed by atoms with Gasteiger partial charge in [-0.15, -0.1) is 0 Å². The monoisotopic (exact) mass is 445 g/mol. The van der Waals surface area contributed by atoms with E-state index in [2.05, 4.69) is 15.0 Å². The van der Waals surface area contributed by atoms with E-state index in [0.717, 1.165) is 24.3 Å². The summed E-state index contributed by atoms with van der Waals surface area (Å²) in [6.07, 6.45) is -0.133. The van der Waals surface area contributed by atoms with Crippen LogP contribution in [-0.2, 0) is 21.8 Å². The number of aromatic nitrogens is 3. The fraction of sp³-hybridized carbons (Fsp3) is 0.0952. The number of carbonyl (C=O) groups excluding carboxylic acids is 1. The van der Waals surface area contributed by atoms with Gasteiger partial charge in [0.1, 0.15) is 5.65 Å². The number of rotatable bonds is 5. The molecule has 0 unspecified atom stereocenters. The molecule has 0 amide bonds. The minimum Gasteiger partial charge on any atom is -0.345 e. The SMILES string of the molecule is O=C(c1ccc(CS(=O)(=O)c2ccc(C(F)(F)F)cc2)nc1)c1c[nH]c2ncccc12. The first-order chi connectivity index (χ1) is 14.6. The molecule has 3 heterocycles. The summed E-state index contributed by atoms with van der Waals surface area (Å²) in [5.41, 5.74) is 0.477. The number of carbonyl (C=O) groups is 1. The fourth-order valence-corrected chi connectivity index (χ4v) is 4.35. The van der Waals surface area contributed by atoms with Gasteiger partial charge in [-0.3, -0.25) is 9.78 Å². The second-order valence-corrected chi connectivity index (χ2v) is 8.74. The summed E-state index contributed by atoms with van der Waals surface area (Å²) in [4.78, 5) is 23.6. The van der Waals surface area contributed by atoms with Crippen LogP contribution in [0.5, 0.6) is 0 Å². The second-order valence-electron chi connectivity index (χ2n) is 6.75. The zero-order valence-electron chi connectivity index (χ0n) is 15.7. The lowest BCUT2D eigenvalue weighted by molar-refractivity contribution is -0.137. The third kappa shape index (κ3) is 4.19. The van der Waals surface area contributed by atoms with Crippen molar-refractivity contribution in [3.63, 3.8) is 0 Å². The Morgan fingerprint density at radius 3 is 2.39 bits per heavy atom. The Labute approximate surface area is 174 Å². The largest absolute Gasteiger partial charge is 0.416 e. The molecule has 1 N–H and O–H groups in total. The Morgan fingerprint density at radius 1 is 1.00 bits per heavy atom. The average molecular weight is 445 g/mol. The number of fused-ring (bicyclic) bond motifs is 1. The van der Waals surface area contributed by atoms with Crippen molar-refractivity contribution in [3.05, 3.63) is 89.5 Å². The molecule has 0 aliphatic carbocycles. The van der Waals surface area contributed by atoms with Crippen LogP contribution in [0.2, 0.25) is 0 Å². The van der Waals surface area contributed by atoms with Crippen molar-refractivity contribution in [2.75, 3.05) is 0 Å². The lowest BCUT2D eigenvalue weighted by Gasteiger charge is -2.08. The van der Waals surface area contributed by atoms with Gasteiger partial charge >= 0.3 is 6.18 Å². The highest BCUT2D eigenvalue weighted by Crippen LogP contribution is 2.30. The minimum absolute atomic E-state index is 0.164. The summed E-state index contributed by atoms with van der Waals surface area (Å²) in [5.74, 6) is -0.812. The van der Waals surface area contributed by atoms with Gasteiger partial charge in [0.2, 0.25) is 0 Å². The van der Waals surface area contributed by atoms with Gasteiger partial charge in [0.05, 0.1) is 21.9 Å². The van der Waals surface area contributed by atoms with E-state index in [0.29, 0.717) is 16.6 Å². The number of halogens is 3. The molecule has 6 nitrogen and oxygen atoms in total. The Balaban J connectivity index is 1.53. The van der Waals surface area contributed by atoms with Gasteiger partial charge in [-0.05, 0) is 48.5 Å². The van der Waals surface area contributed by atoms with E-state index < -0.39 is 27.3 Å². The van der Waals surface area contributed by atoms with Crippen molar-refractivity contribution in [2.24, 2.45) is 0 Å². The normalized spacial score (nSPS) is 12.2. The maximum Gasteiger partial charge on any atom is 0.416 e. The van der Waals surface area contributed by atoms with Gasteiger partial charge in [-0.25, -0.2) is 13.4 Å². The molecule has 10 heteroatoms. The number of benzene rings is 1. The van der Waals surface area contributed by atoms with E-state index in [1.807, 2.05) is 0 Å². The van der Waals surface area contributed by atoms with E-state index in [1.165, 1.54) is 18.3 Å². The highest BCUT2D eigenvalue weighted by atomic mass is 32.2. The molecule has 4 rings (SSSR count). The van der Waals surface area contributed by atoms with Gasteiger partial charge < -0.3 is 4.98 Å². The number of nitrogens with zero attached hydrogens (tertiary/aromatic N) is 2. The van der Waals surface area contributed by atoms with Crippen LogP contribution in [0.15, 0.2) is 72.0 Å². The van der Waals surface area contributed by atoms with Crippen LogP contribution in [0.25, 0.3) is 11.0 Å². The predicted molar refractivity (Wildman–Crippen MR) is 106 cm³/mol. The van der Waals surface area contributed by atoms with Crippen LogP contribution in [0.1, 0.15) is 27.2 Å². The average Bonchev–Trinajstić information content (AvgIpc) is 3.17. The Morgan fingerprint density at radius 2 is 1.74 bits per heavy atom. The highest BCUT2D eigenvalue weighted by molar-refractivity contribution is 7.90. The molecule has 0 saturated carbocycles. The van der Waals surface area contributed by atoms with Crippen molar-refractivity contribution in [1.82, 2.24) is 15.0 Å². The minimum atomic E-state index is -4.55. The van der Waals surface area contributed by atoms with Crippen LogP contribution in [0.3, 0.4) is 0 Å². The topological polar surface area (TPSA) is 92.8 Å². The van der Waals surface area contributed by atoms with Crippen LogP contribution in [0, 0.1) is 0 Å². The van der Waals surface area contributed by atoms with Gasteiger partial charge in [-0.1, -0.05) is 0 Å². The summed E-state index contributed by atoms with van der Waals surface area (Å²) in [5, 5.41) is 0.654. The summed E-state index contributed by atoms with van der Waals surface area (Å²) >= 11 is 0. The standard InChI is InChI=1S/C21H14F3N3O3S/c22-21(23,24)14-4-7-16(8-5-14)31(29,30)12-15-6-3-13(10-26-15)19(28)18-11-27-20-17(18)2-1-9-25-20/h1-11H,12H2,(H,25,27). The smallest absolute Gasteiger partial charge is 0.345 e. The molecule has 0 aliphatic heterocycles. The first-order valence-corrected chi connectivity index (χ1v) is 10.6. The van der Waals surface area contributed by atoms with Crippen LogP contribution in [0.4, 0.5) is 13.2 Å². The Hall–Kier alpha value is -3.53. The molecular weight excluding hydrogens is 431 g/mol. The molecule has 0 spiro atoms. The van der Waals surface area contributed by atoms with E-state index in [1.54, 1.807) is 24.5 Å². The summed E-state index contributed by atoms with van der Waals surface area (Å²) in [6.45, 7) is 0. The third-order valence-corrected chi connectivity index (χ3v) is 6.33. The zero-order chi connectivity index (χ0) is 22.2. The molecule has 0 saturated heterocycles. The molecule has 0 aliphatic rings. The first kappa shape index (κ1) is 20.7. The number of alkyl halides is 3. The van der Waals surface area contributed by atoms with Crippen LogP contribution >= 0.6 is 0 Å². The molecule has 0 fully saturated rings. The van der Waals surface area contributed by atoms with Crippen molar-refractivity contribution >= 4 is 26.7 Å². The molecule has 31 heavy (non-hydrogen) atoms. The molecule has 0 bridgehead atoms. The lowest BCUT2D eigenvalue weighted by Crippen LogP contribution is -2.09. The summed E-state index contributed by atoms with van der Waals surface area (Å²) in [7, 11) is -3.91. The van der Waals surface area contributed by atoms with E-state index in [9.17, 15) is 26.4 Å². The maximum absolute atomic E-state index is 12.8. The Bertz CT molecular complexity index is 1360. The third-order valence-electron chi connectivity index (χ3n) is 4.66. The number of pyridine rings is 2. The maximum atomic E-state index is 12.8. The molecule has 0 atom stereocenters. The van der Waals surface area contributed by atoms with Crippen molar-refractivity contribution in [2.45, 2.75) is 16.8 Å². The van der Waals surface area contributed by atoms with Crippen molar-refractivity contribution in [3.8, 4) is 0 Å². The van der Waals surface area contributed by atoms with Gasteiger partial charge in [0, 0.05) is 35.1 Å². The van der Waals surface area contributed by atoms with Gasteiger partial charge in [0.15, 0.2) is 15.6 Å². The van der Waals surface area contributed by atoms with Crippen molar-refractivity contribution < 1.29 is 26.4 Å². The second kappa shape index (κ2) is 7.62. The van der Waals surface area contributed by atoms with Gasteiger partial charge in [-0.2, -0.15) is 13.2 Å². The number of ketones is 1. The summed E-state index contributed by atoms with van der Waals surface area (Å²) in [6, 6.07) is 9.60. The van der Waals surface area contributed by atoms with E-state index in [-0.39, 0.29) is 21.9 Å². The lowest BCUT2D eigenvalue weighted by atomic mass is 10.1. The Kier molecular flexibility index (Phi) is 5.10. The first-order valence-electron chi connectivity index (χ1n) is 8.97. The quantitative estimate of drug-likeness (QED) is 0.465. The van der Waals surface area contributed by atoms with Crippen molar-refractivity contribution in [1.29, 1.82) is 0 Å². The van der Waals surface area contributed by atoms with Crippen LogP contribution < -0.4 is 0 Å². The van der Waals surface area contributed by atoms with Crippen LogP contribution in [-0.4, -0.2) is 29.2 Å². The molecule has 0 radical (unpaired) electrons. The highest BCUT2D eigenvalue weighted by Gasteiger charge is 2.30. The number of nitrogens with one attached hydrogen (secondary N) is 1. The summed E-state index contributed by atoms with van der Waals surface area (Å²) < 4.78 is 63.0. The number of aromatic amines is 1. The molecule has 3 aromatic heterocycles. The number of hydrogen-bond donors (Lipinski definition) is 1.